The van der Waals surface area contributed by atoms with Gasteiger partial charge in [-0.2, -0.15) is 0 Å². The van der Waals surface area contributed by atoms with Crippen LogP contribution < -0.4 is 5.32 Å². The minimum atomic E-state index is 0.434. The lowest BCUT2D eigenvalue weighted by Crippen LogP contribution is -2.42. The molecule has 0 spiro atoms. The van der Waals surface area contributed by atoms with Gasteiger partial charge < -0.3 is 5.32 Å². The molecule has 1 atom stereocenters. The van der Waals surface area contributed by atoms with Gasteiger partial charge in [-0.15, -0.1) is 0 Å². The summed E-state index contributed by atoms with van der Waals surface area (Å²) in [7, 11) is 2.23. The Hall–Kier alpha value is -0.570. The summed E-state index contributed by atoms with van der Waals surface area (Å²) in [5, 5.41) is 4.26. The van der Waals surface area contributed by atoms with Crippen molar-refractivity contribution >= 4 is 11.6 Å². The molecule has 1 aromatic rings. The molecule has 0 bridgehead atoms. The van der Waals surface area contributed by atoms with E-state index in [-0.39, 0.29) is 0 Å². The molecule has 3 heteroatoms. The predicted octanol–water partition coefficient (Wildman–Crippen LogP) is 3.72. The van der Waals surface area contributed by atoms with Gasteiger partial charge in [-0.25, -0.2) is 0 Å². The summed E-state index contributed by atoms with van der Waals surface area (Å²) in [6, 6.07) is 8.66. The van der Waals surface area contributed by atoms with Crippen molar-refractivity contribution < 1.29 is 0 Å². The second-order valence-electron chi connectivity index (χ2n) is 6.20. The van der Waals surface area contributed by atoms with Crippen molar-refractivity contribution in [1.82, 2.24) is 10.2 Å². The number of benzene rings is 1. The van der Waals surface area contributed by atoms with Crippen LogP contribution in [0.15, 0.2) is 24.3 Å². The molecule has 1 heterocycles. The SMILES string of the molecule is CC(c1ccc(Cl)cc1)N(C)CC1(C)CCNCC1. The Bertz CT molecular complexity index is 396. The molecule has 1 fully saturated rings. The molecule has 106 valence electrons. The van der Waals surface area contributed by atoms with Crippen molar-refractivity contribution in [2.45, 2.75) is 32.7 Å². The van der Waals surface area contributed by atoms with Gasteiger partial charge in [-0.1, -0.05) is 30.7 Å². The number of rotatable bonds is 4. The van der Waals surface area contributed by atoms with Crippen LogP contribution in [0.2, 0.25) is 5.02 Å². The maximum atomic E-state index is 5.95. The number of nitrogens with zero attached hydrogens (tertiary/aromatic N) is 1. The molecule has 0 saturated carbocycles. The van der Waals surface area contributed by atoms with Crippen LogP contribution in [0.4, 0.5) is 0 Å². The van der Waals surface area contributed by atoms with Gasteiger partial charge in [0.05, 0.1) is 0 Å². The Kier molecular flexibility index (Phi) is 4.88. The van der Waals surface area contributed by atoms with Crippen LogP contribution in [-0.2, 0) is 0 Å². The van der Waals surface area contributed by atoms with Gasteiger partial charge in [-0.05, 0) is 63.0 Å². The van der Waals surface area contributed by atoms with Gasteiger partial charge in [0.15, 0.2) is 0 Å². The number of hydrogen-bond acceptors (Lipinski definition) is 2. The molecule has 1 N–H and O–H groups in total. The first-order valence-corrected chi connectivity index (χ1v) is 7.54. The quantitative estimate of drug-likeness (QED) is 0.904. The average Bonchev–Trinajstić information content (AvgIpc) is 2.39. The molecule has 2 nitrogen and oxygen atoms in total. The van der Waals surface area contributed by atoms with E-state index >= 15 is 0 Å². The largest absolute Gasteiger partial charge is 0.317 e. The molecule has 1 aliphatic heterocycles. The fraction of sp³-hybridized carbons (Fsp3) is 0.625. The number of hydrogen-bond donors (Lipinski definition) is 1. The summed E-state index contributed by atoms with van der Waals surface area (Å²) in [6.07, 6.45) is 2.54. The first-order chi connectivity index (χ1) is 9.00. The Balaban J connectivity index is 1.98. The molecule has 1 aromatic carbocycles. The van der Waals surface area contributed by atoms with Crippen LogP contribution >= 0.6 is 11.6 Å². The smallest absolute Gasteiger partial charge is 0.0406 e. The lowest BCUT2D eigenvalue weighted by molar-refractivity contribution is 0.122. The summed E-state index contributed by atoms with van der Waals surface area (Å²) < 4.78 is 0. The molecule has 1 saturated heterocycles. The van der Waals surface area contributed by atoms with Gasteiger partial charge in [0.25, 0.3) is 0 Å². The predicted molar refractivity (Wildman–Crippen MR) is 82.7 cm³/mol. The Labute approximate surface area is 122 Å². The Morgan fingerprint density at radius 3 is 2.42 bits per heavy atom. The van der Waals surface area contributed by atoms with Crippen molar-refractivity contribution in [2.24, 2.45) is 5.41 Å². The molecule has 1 aliphatic rings. The van der Waals surface area contributed by atoms with Gasteiger partial charge in [0.2, 0.25) is 0 Å². The van der Waals surface area contributed by atoms with Crippen molar-refractivity contribution in [3.63, 3.8) is 0 Å². The fourth-order valence-corrected chi connectivity index (χ4v) is 3.05. The molecule has 1 unspecified atom stereocenters. The lowest BCUT2D eigenvalue weighted by Gasteiger charge is -2.39. The zero-order valence-electron chi connectivity index (χ0n) is 12.2. The van der Waals surface area contributed by atoms with Crippen LogP contribution in [0.25, 0.3) is 0 Å². The van der Waals surface area contributed by atoms with E-state index in [0.29, 0.717) is 11.5 Å². The first-order valence-electron chi connectivity index (χ1n) is 7.17. The summed E-state index contributed by atoms with van der Waals surface area (Å²) in [6.45, 7) is 8.14. The number of piperidine rings is 1. The topological polar surface area (TPSA) is 15.3 Å². The first kappa shape index (κ1) is 14.8. The van der Waals surface area contributed by atoms with Crippen molar-refractivity contribution in [3.05, 3.63) is 34.9 Å². The van der Waals surface area contributed by atoms with Crippen LogP contribution in [0.3, 0.4) is 0 Å². The average molecular weight is 281 g/mol. The molecular weight excluding hydrogens is 256 g/mol. The van der Waals surface area contributed by atoms with Crippen molar-refractivity contribution in [3.8, 4) is 0 Å². The monoisotopic (exact) mass is 280 g/mol. The molecule has 0 amide bonds. The van der Waals surface area contributed by atoms with E-state index in [0.717, 1.165) is 24.7 Å². The van der Waals surface area contributed by atoms with E-state index in [1.165, 1.54) is 18.4 Å². The van der Waals surface area contributed by atoms with E-state index in [1.54, 1.807) is 0 Å². The highest BCUT2D eigenvalue weighted by Gasteiger charge is 2.29. The van der Waals surface area contributed by atoms with Crippen LogP contribution in [-0.4, -0.2) is 31.6 Å². The molecule has 0 aromatic heterocycles. The normalized spacial score (nSPS) is 20.5. The summed E-state index contributed by atoms with van der Waals surface area (Å²) in [4.78, 5) is 2.47. The highest BCUT2D eigenvalue weighted by molar-refractivity contribution is 6.30. The number of halogens is 1. The third-order valence-electron chi connectivity index (χ3n) is 4.46. The molecule has 2 rings (SSSR count). The minimum Gasteiger partial charge on any atom is -0.317 e. The third kappa shape index (κ3) is 3.95. The van der Waals surface area contributed by atoms with Crippen molar-refractivity contribution in [1.29, 1.82) is 0 Å². The number of nitrogens with one attached hydrogen (secondary N) is 1. The maximum absolute atomic E-state index is 5.95. The summed E-state index contributed by atoms with van der Waals surface area (Å²) in [5.41, 5.74) is 1.78. The van der Waals surface area contributed by atoms with Crippen molar-refractivity contribution in [2.75, 3.05) is 26.7 Å². The van der Waals surface area contributed by atoms with E-state index in [1.807, 2.05) is 12.1 Å². The minimum absolute atomic E-state index is 0.434. The van der Waals surface area contributed by atoms with Crippen LogP contribution in [0, 0.1) is 5.41 Å². The second kappa shape index (κ2) is 6.25. The molecule has 19 heavy (non-hydrogen) atoms. The Morgan fingerprint density at radius 2 is 1.84 bits per heavy atom. The van der Waals surface area contributed by atoms with E-state index in [2.05, 4.69) is 43.2 Å². The van der Waals surface area contributed by atoms with Crippen LogP contribution in [0.1, 0.15) is 38.3 Å². The lowest BCUT2D eigenvalue weighted by atomic mass is 9.80. The molecule has 0 radical (unpaired) electrons. The molecular formula is C16H25ClN2. The van der Waals surface area contributed by atoms with Gasteiger partial charge in [0.1, 0.15) is 0 Å². The van der Waals surface area contributed by atoms with Crippen LogP contribution in [0.5, 0.6) is 0 Å². The van der Waals surface area contributed by atoms with Gasteiger partial charge in [-0.3, -0.25) is 4.90 Å². The van der Waals surface area contributed by atoms with E-state index < -0.39 is 0 Å². The highest BCUT2D eigenvalue weighted by atomic mass is 35.5. The maximum Gasteiger partial charge on any atom is 0.0406 e. The second-order valence-corrected chi connectivity index (χ2v) is 6.64. The van der Waals surface area contributed by atoms with E-state index in [9.17, 15) is 0 Å². The molecule has 0 aliphatic carbocycles. The zero-order valence-corrected chi connectivity index (χ0v) is 13.0. The van der Waals surface area contributed by atoms with Gasteiger partial charge in [0, 0.05) is 17.6 Å². The Morgan fingerprint density at radius 1 is 1.26 bits per heavy atom. The zero-order chi connectivity index (χ0) is 13.9. The van der Waals surface area contributed by atoms with E-state index in [4.69, 9.17) is 11.6 Å². The summed E-state index contributed by atoms with van der Waals surface area (Å²) >= 11 is 5.95. The highest BCUT2D eigenvalue weighted by Crippen LogP contribution is 2.31. The fourth-order valence-electron chi connectivity index (χ4n) is 2.92. The standard InChI is InChI=1S/C16H25ClN2/c1-13(14-4-6-15(17)7-5-14)19(3)12-16(2)8-10-18-11-9-16/h4-7,13,18H,8-12H2,1-3H3. The summed E-state index contributed by atoms with van der Waals surface area (Å²) in [5.74, 6) is 0. The van der Waals surface area contributed by atoms with Gasteiger partial charge >= 0.3 is 0 Å². The third-order valence-corrected chi connectivity index (χ3v) is 4.71.